The van der Waals surface area contributed by atoms with Gasteiger partial charge in [0.15, 0.2) is 5.78 Å². The largest absolute Gasteiger partial charge is 0.435 e. The third-order valence-corrected chi connectivity index (χ3v) is 2.83. The first kappa shape index (κ1) is 15.4. The quantitative estimate of drug-likeness (QED) is 0.618. The Hall–Kier alpha value is -3.00. The number of nitriles is 1. The molecule has 0 atom stereocenters. The van der Waals surface area contributed by atoms with E-state index >= 15 is 0 Å². The Morgan fingerprint density at radius 1 is 1.09 bits per heavy atom. The van der Waals surface area contributed by atoms with Crippen molar-refractivity contribution in [2.24, 2.45) is 0 Å². The SMILES string of the molecule is N#Cc1ccc(C(=O)/C=C/c2ccc(OC(F)F)cc2)cc1. The standard InChI is InChI=1S/C17H11F2NO2/c18-17(19)22-15-8-3-12(4-9-15)5-10-16(21)14-6-1-13(11-20)2-7-14/h1-10,17H/b10-5+. The Labute approximate surface area is 126 Å². The molecule has 0 heterocycles. The summed E-state index contributed by atoms with van der Waals surface area (Å²) < 4.78 is 28.3. The molecule has 0 aromatic heterocycles. The molecular weight excluding hydrogens is 288 g/mol. The van der Waals surface area contributed by atoms with Gasteiger partial charge in [0.25, 0.3) is 0 Å². The maximum atomic E-state index is 12.0. The Morgan fingerprint density at radius 3 is 2.27 bits per heavy atom. The van der Waals surface area contributed by atoms with E-state index < -0.39 is 6.61 Å². The van der Waals surface area contributed by atoms with Crippen molar-refractivity contribution in [3.8, 4) is 11.8 Å². The number of allylic oxidation sites excluding steroid dienone is 1. The topological polar surface area (TPSA) is 50.1 Å². The van der Waals surface area contributed by atoms with Crippen LogP contribution in [0.4, 0.5) is 8.78 Å². The zero-order valence-electron chi connectivity index (χ0n) is 11.4. The maximum Gasteiger partial charge on any atom is 0.387 e. The molecule has 0 spiro atoms. The normalized spacial score (nSPS) is 10.6. The van der Waals surface area contributed by atoms with Crippen LogP contribution in [-0.4, -0.2) is 12.4 Å². The molecule has 0 saturated carbocycles. The van der Waals surface area contributed by atoms with Crippen LogP contribution in [0.15, 0.2) is 54.6 Å². The molecule has 22 heavy (non-hydrogen) atoms. The fourth-order valence-electron chi connectivity index (χ4n) is 1.74. The zero-order valence-corrected chi connectivity index (χ0v) is 11.4. The first-order valence-corrected chi connectivity index (χ1v) is 6.36. The highest BCUT2D eigenvalue weighted by Gasteiger charge is 2.04. The van der Waals surface area contributed by atoms with Gasteiger partial charge in [-0.15, -0.1) is 0 Å². The number of nitrogens with zero attached hydrogens (tertiary/aromatic N) is 1. The number of halogens is 2. The third-order valence-electron chi connectivity index (χ3n) is 2.83. The van der Waals surface area contributed by atoms with Crippen molar-refractivity contribution in [3.05, 3.63) is 71.3 Å². The molecule has 0 amide bonds. The van der Waals surface area contributed by atoms with Gasteiger partial charge in [-0.2, -0.15) is 14.0 Å². The highest BCUT2D eigenvalue weighted by Crippen LogP contribution is 2.16. The van der Waals surface area contributed by atoms with E-state index in [0.717, 1.165) is 0 Å². The summed E-state index contributed by atoms with van der Waals surface area (Å²) in [4.78, 5) is 11.9. The monoisotopic (exact) mass is 299 g/mol. The molecule has 0 aliphatic heterocycles. The average molecular weight is 299 g/mol. The maximum absolute atomic E-state index is 12.0. The van der Waals surface area contributed by atoms with Crippen molar-refractivity contribution >= 4 is 11.9 Å². The van der Waals surface area contributed by atoms with Gasteiger partial charge in [0, 0.05) is 5.56 Å². The summed E-state index contributed by atoms with van der Waals surface area (Å²) in [5.74, 6) is -0.150. The highest BCUT2D eigenvalue weighted by molar-refractivity contribution is 6.06. The predicted octanol–water partition coefficient (Wildman–Crippen LogP) is 4.06. The molecule has 0 unspecified atom stereocenters. The number of carbonyl (C=O) groups is 1. The van der Waals surface area contributed by atoms with Gasteiger partial charge in [-0.25, -0.2) is 0 Å². The number of benzene rings is 2. The van der Waals surface area contributed by atoms with E-state index in [0.29, 0.717) is 16.7 Å². The van der Waals surface area contributed by atoms with Crippen LogP contribution in [0.3, 0.4) is 0 Å². The summed E-state index contributed by atoms with van der Waals surface area (Å²) in [6.45, 7) is -2.86. The van der Waals surface area contributed by atoms with E-state index in [2.05, 4.69) is 4.74 Å². The van der Waals surface area contributed by atoms with Crippen molar-refractivity contribution in [1.82, 2.24) is 0 Å². The molecule has 0 fully saturated rings. The molecule has 0 aliphatic carbocycles. The molecule has 3 nitrogen and oxygen atoms in total. The van der Waals surface area contributed by atoms with Gasteiger partial charge in [0.2, 0.25) is 0 Å². The number of hydrogen-bond donors (Lipinski definition) is 0. The minimum absolute atomic E-state index is 0.0607. The van der Waals surface area contributed by atoms with Gasteiger partial charge in [-0.3, -0.25) is 4.79 Å². The lowest BCUT2D eigenvalue weighted by atomic mass is 10.1. The van der Waals surface area contributed by atoms with Crippen LogP contribution in [0.1, 0.15) is 21.5 Å². The second kappa shape index (κ2) is 7.14. The first-order valence-electron chi connectivity index (χ1n) is 6.36. The number of ketones is 1. The molecule has 2 aromatic rings. The number of alkyl halides is 2. The van der Waals surface area contributed by atoms with Crippen LogP contribution in [0.5, 0.6) is 5.75 Å². The molecule has 0 radical (unpaired) electrons. The minimum Gasteiger partial charge on any atom is -0.435 e. The molecule has 2 rings (SSSR count). The lowest BCUT2D eigenvalue weighted by molar-refractivity contribution is -0.0498. The van der Waals surface area contributed by atoms with Crippen LogP contribution >= 0.6 is 0 Å². The molecule has 0 bridgehead atoms. The van der Waals surface area contributed by atoms with Crippen LogP contribution in [-0.2, 0) is 0 Å². The zero-order chi connectivity index (χ0) is 15.9. The summed E-state index contributed by atoms with van der Waals surface area (Å²) in [5.41, 5.74) is 1.63. The van der Waals surface area contributed by atoms with Crippen molar-refractivity contribution in [2.75, 3.05) is 0 Å². The van der Waals surface area contributed by atoms with Crippen molar-refractivity contribution in [1.29, 1.82) is 5.26 Å². The van der Waals surface area contributed by atoms with E-state index in [4.69, 9.17) is 5.26 Å². The summed E-state index contributed by atoms with van der Waals surface area (Å²) in [6, 6.07) is 14.2. The number of rotatable bonds is 5. The third kappa shape index (κ3) is 4.25. The van der Waals surface area contributed by atoms with Crippen LogP contribution in [0, 0.1) is 11.3 Å². The lowest BCUT2D eigenvalue weighted by Gasteiger charge is -2.03. The highest BCUT2D eigenvalue weighted by atomic mass is 19.3. The van der Waals surface area contributed by atoms with Gasteiger partial charge >= 0.3 is 6.61 Å². The Kier molecular flexibility index (Phi) is 4.99. The van der Waals surface area contributed by atoms with Gasteiger partial charge < -0.3 is 4.74 Å². The first-order chi connectivity index (χ1) is 10.6. The predicted molar refractivity (Wildman–Crippen MR) is 77.6 cm³/mol. The molecular formula is C17H11F2NO2. The molecule has 5 heteroatoms. The van der Waals surface area contributed by atoms with Crippen molar-refractivity contribution in [2.45, 2.75) is 6.61 Å². The Morgan fingerprint density at radius 2 is 1.73 bits per heavy atom. The second-order valence-electron chi connectivity index (χ2n) is 4.33. The minimum atomic E-state index is -2.86. The fraction of sp³-hybridized carbons (Fsp3) is 0.0588. The molecule has 0 aliphatic rings. The van der Waals surface area contributed by atoms with E-state index in [1.807, 2.05) is 6.07 Å². The summed E-state index contributed by atoms with van der Waals surface area (Å²) in [7, 11) is 0. The van der Waals surface area contributed by atoms with E-state index in [1.165, 1.54) is 18.2 Å². The Balaban J connectivity index is 2.04. The van der Waals surface area contributed by atoms with Gasteiger partial charge in [0.1, 0.15) is 5.75 Å². The van der Waals surface area contributed by atoms with Crippen LogP contribution in [0.2, 0.25) is 0 Å². The van der Waals surface area contributed by atoms with Gasteiger partial charge in [-0.1, -0.05) is 18.2 Å². The van der Waals surface area contributed by atoms with E-state index in [1.54, 1.807) is 42.5 Å². The second-order valence-corrected chi connectivity index (χ2v) is 4.33. The van der Waals surface area contributed by atoms with Crippen LogP contribution in [0.25, 0.3) is 6.08 Å². The molecule has 2 aromatic carbocycles. The van der Waals surface area contributed by atoms with Crippen LogP contribution < -0.4 is 4.74 Å². The number of ether oxygens (including phenoxy) is 1. The van der Waals surface area contributed by atoms with E-state index in [-0.39, 0.29) is 11.5 Å². The lowest BCUT2D eigenvalue weighted by Crippen LogP contribution is -2.01. The van der Waals surface area contributed by atoms with Gasteiger partial charge in [-0.05, 0) is 48.0 Å². The van der Waals surface area contributed by atoms with Gasteiger partial charge in [0.05, 0.1) is 11.6 Å². The molecule has 110 valence electrons. The summed E-state index contributed by atoms with van der Waals surface area (Å²) >= 11 is 0. The van der Waals surface area contributed by atoms with Crippen molar-refractivity contribution < 1.29 is 18.3 Å². The smallest absolute Gasteiger partial charge is 0.387 e. The summed E-state index contributed by atoms with van der Waals surface area (Å²) in [5, 5.41) is 8.69. The van der Waals surface area contributed by atoms with E-state index in [9.17, 15) is 13.6 Å². The van der Waals surface area contributed by atoms with Crippen molar-refractivity contribution in [3.63, 3.8) is 0 Å². The fourth-order valence-corrected chi connectivity index (χ4v) is 1.74. The number of hydrogen-bond acceptors (Lipinski definition) is 3. The molecule has 0 N–H and O–H groups in total. The average Bonchev–Trinajstić information content (AvgIpc) is 2.53. The Bertz CT molecular complexity index is 714. The summed E-state index contributed by atoms with van der Waals surface area (Å²) in [6.07, 6.45) is 2.96. The number of carbonyl (C=O) groups excluding carboxylic acids is 1. The molecule has 0 saturated heterocycles.